The smallest absolute Gasteiger partial charge is 0.240 e. The van der Waals surface area contributed by atoms with Crippen LogP contribution in [0, 0.1) is 0 Å². The van der Waals surface area contributed by atoms with Gasteiger partial charge in [0.2, 0.25) is 5.91 Å². The minimum absolute atomic E-state index is 0.0331. The summed E-state index contributed by atoms with van der Waals surface area (Å²) < 4.78 is 1.85. The molecule has 2 N–H and O–H groups in total. The lowest BCUT2D eigenvalue weighted by Gasteiger charge is -2.06. The van der Waals surface area contributed by atoms with Crippen molar-refractivity contribution >= 4 is 28.0 Å². The molecule has 6 heteroatoms. The highest BCUT2D eigenvalue weighted by molar-refractivity contribution is 5.80. The molecule has 0 spiro atoms. The number of para-hydroxylation sites is 4. The Balaban J connectivity index is 1.35. The van der Waals surface area contributed by atoms with Crippen LogP contribution in [0.1, 0.15) is 5.82 Å². The largest absolute Gasteiger partial charge is 0.354 e. The van der Waals surface area contributed by atoms with Crippen LogP contribution in [-0.4, -0.2) is 32.0 Å². The maximum Gasteiger partial charge on any atom is 0.240 e. The Morgan fingerprint density at radius 1 is 1.08 bits per heavy atom. The molecule has 0 saturated heterocycles. The van der Waals surface area contributed by atoms with Crippen molar-refractivity contribution in [1.29, 1.82) is 0 Å². The van der Waals surface area contributed by atoms with Crippen molar-refractivity contribution in [3.8, 4) is 0 Å². The summed E-state index contributed by atoms with van der Waals surface area (Å²) in [5.74, 6) is 0.846. The predicted molar refractivity (Wildman–Crippen MR) is 92.5 cm³/mol. The minimum atomic E-state index is -0.0331. The van der Waals surface area contributed by atoms with Crippen LogP contribution in [0.3, 0.4) is 0 Å². The fraction of sp³-hybridized carbons (Fsp3) is 0.167. The van der Waals surface area contributed by atoms with Crippen molar-refractivity contribution in [3.63, 3.8) is 0 Å². The number of carbonyl (C=O) groups is 1. The Morgan fingerprint density at radius 3 is 2.75 bits per heavy atom. The normalized spacial score (nSPS) is 11.2. The molecular formula is C18H17N5O. The molecule has 1 amide bonds. The van der Waals surface area contributed by atoms with Crippen LogP contribution < -0.4 is 5.32 Å². The second kappa shape index (κ2) is 6.16. The summed E-state index contributed by atoms with van der Waals surface area (Å²) in [7, 11) is 0. The number of hydrogen-bond donors (Lipinski definition) is 2. The number of nitrogens with zero attached hydrogens (tertiary/aromatic N) is 3. The molecule has 6 nitrogen and oxygen atoms in total. The molecule has 120 valence electrons. The number of aromatic nitrogens is 4. The van der Waals surface area contributed by atoms with Gasteiger partial charge in [-0.3, -0.25) is 4.79 Å². The van der Waals surface area contributed by atoms with Gasteiger partial charge in [0.15, 0.2) is 0 Å². The van der Waals surface area contributed by atoms with Gasteiger partial charge in [0.1, 0.15) is 12.4 Å². The monoisotopic (exact) mass is 319 g/mol. The molecule has 0 aliphatic rings. The van der Waals surface area contributed by atoms with E-state index in [1.54, 1.807) is 6.33 Å². The number of aromatic amines is 1. The Hall–Kier alpha value is -3.15. The highest BCUT2D eigenvalue weighted by Gasteiger charge is 2.07. The van der Waals surface area contributed by atoms with Crippen LogP contribution in [0.5, 0.6) is 0 Å². The second-order valence-electron chi connectivity index (χ2n) is 5.66. The van der Waals surface area contributed by atoms with Crippen molar-refractivity contribution in [2.24, 2.45) is 0 Å². The average molecular weight is 319 g/mol. The molecule has 4 aromatic rings. The standard InChI is InChI=1S/C18H17N5O/c24-18(11-23-12-20-15-7-3-4-8-16(15)23)19-10-9-17-21-13-5-1-2-6-14(13)22-17/h1-8,12H,9-11H2,(H,19,24)(H,21,22). The van der Waals surface area contributed by atoms with E-state index in [1.165, 1.54) is 0 Å². The first kappa shape index (κ1) is 14.4. The predicted octanol–water partition coefficient (Wildman–Crippen LogP) is 2.27. The van der Waals surface area contributed by atoms with Crippen molar-refractivity contribution in [2.75, 3.05) is 6.54 Å². The van der Waals surface area contributed by atoms with Gasteiger partial charge in [-0.15, -0.1) is 0 Å². The third kappa shape index (κ3) is 2.86. The number of carbonyl (C=O) groups excluding carboxylic acids is 1. The third-order valence-electron chi connectivity index (χ3n) is 3.96. The zero-order valence-corrected chi connectivity index (χ0v) is 13.1. The number of H-pyrrole nitrogens is 1. The van der Waals surface area contributed by atoms with Gasteiger partial charge in [-0.2, -0.15) is 0 Å². The first-order valence-corrected chi connectivity index (χ1v) is 7.90. The molecule has 0 atom stereocenters. The average Bonchev–Trinajstić information content (AvgIpc) is 3.19. The lowest BCUT2D eigenvalue weighted by Crippen LogP contribution is -2.29. The molecule has 0 radical (unpaired) electrons. The lowest BCUT2D eigenvalue weighted by atomic mass is 10.3. The molecule has 4 rings (SSSR count). The van der Waals surface area contributed by atoms with Crippen molar-refractivity contribution < 1.29 is 4.79 Å². The number of nitrogens with one attached hydrogen (secondary N) is 2. The van der Waals surface area contributed by atoms with E-state index < -0.39 is 0 Å². The molecule has 2 aromatic heterocycles. The fourth-order valence-electron chi connectivity index (χ4n) is 2.79. The SMILES string of the molecule is O=C(Cn1cnc2ccccc21)NCCc1nc2ccccc2[nH]1. The third-order valence-corrected chi connectivity index (χ3v) is 3.96. The van der Waals surface area contributed by atoms with E-state index in [0.717, 1.165) is 27.9 Å². The van der Waals surface area contributed by atoms with Crippen molar-refractivity contribution in [2.45, 2.75) is 13.0 Å². The summed E-state index contributed by atoms with van der Waals surface area (Å²) in [5, 5.41) is 2.93. The highest BCUT2D eigenvalue weighted by atomic mass is 16.1. The maximum atomic E-state index is 12.1. The second-order valence-corrected chi connectivity index (χ2v) is 5.66. The Kier molecular flexibility index (Phi) is 3.70. The van der Waals surface area contributed by atoms with Crippen LogP contribution in [0.2, 0.25) is 0 Å². The van der Waals surface area contributed by atoms with E-state index in [9.17, 15) is 4.79 Å². The molecule has 2 heterocycles. The topological polar surface area (TPSA) is 75.6 Å². The summed E-state index contributed by atoms with van der Waals surface area (Å²) in [5.41, 5.74) is 3.82. The van der Waals surface area contributed by atoms with Crippen LogP contribution in [0.25, 0.3) is 22.1 Å². The van der Waals surface area contributed by atoms with Gasteiger partial charge >= 0.3 is 0 Å². The van der Waals surface area contributed by atoms with Crippen molar-refractivity contribution in [1.82, 2.24) is 24.8 Å². The summed E-state index contributed by atoms with van der Waals surface area (Å²) in [6.45, 7) is 0.811. The maximum absolute atomic E-state index is 12.1. The Bertz CT molecular complexity index is 968. The Labute approximate surface area is 138 Å². The Morgan fingerprint density at radius 2 is 1.88 bits per heavy atom. The van der Waals surface area contributed by atoms with Crippen LogP contribution >= 0.6 is 0 Å². The number of fused-ring (bicyclic) bond motifs is 2. The first-order valence-electron chi connectivity index (χ1n) is 7.90. The minimum Gasteiger partial charge on any atom is -0.354 e. The number of rotatable bonds is 5. The van der Waals surface area contributed by atoms with E-state index in [2.05, 4.69) is 20.3 Å². The van der Waals surface area contributed by atoms with E-state index in [4.69, 9.17) is 0 Å². The van der Waals surface area contributed by atoms with Crippen LogP contribution in [0.4, 0.5) is 0 Å². The number of imidazole rings is 2. The zero-order chi connectivity index (χ0) is 16.4. The molecule has 0 saturated carbocycles. The number of hydrogen-bond acceptors (Lipinski definition) is 3. The van der Waals surface area contributed by atoms with Gasteiger partial charge in [0.25, 0.3) is 0 Å². The number of benzene rings is 2. The summed E-state index contributed by atoms with van der Waals surface area (Å²) in [4.78, 5) is 24.2. The van der Waals surface area contributed by atoms with E-state index in [-0.39, 0.29) is 12.5 Å². The summed E-state index contributed by atoms with van der Waals surface area (Å²) in [6.07, 6.45) is 2.37. The number of amides is 1. The molecule has 0 aliphatic carbocycles. The molecule has 0 bridgehead atoms. The molecule has 24 heavy (non-hydrogen) atoms. The van der Waals surface area contributed by atoms with E-state index >= 15 is 0 Å². The molecule has 0 fully saturated rings. The summed E-state index contributed by atoms with van der Waals surface area (Å²) in [6, 6.07) is 15.7. The molecule has 0 aliphatic heterocycles. The lowest BCUT2D eigenvalue weighted by molar-refractivity contribution is -0.121. The fourth-order valence-corrected chi connectivity index (χ4v) is 2.79. The van der Waals surface area contributed by atoms with E-state index in [0.29, 0.717) is 13.0 Å². The van der Waals surface area contributed by atoms with Crippen LogP contribution in [-0.2, 0) is 17.8 Å². The van der Waals surface area contributed by atoms with Gasteiger partial charge in [0.05, 0.1) is 28.4 Å². The van der Waals surface area contributed by atoms with Gasteiger partial charge in [-0.05, 0) is 24.3 Å². The van der Waals surface area contributed by atoms with E-state index in [1.807, 2.05) is 53.1 Å². The summed E-state index contributed by atoms with van der Waals surface area (Å²) >= 11 is 0. The van der Waals surface area contributed by atoms with Gasteiger partial charge < -0.3 is 14.9 Å². The van der Waals surface area contributed by atoms with Crippen molar-refractivity contribution in [3.05, 3.63) is 60.7 Å². The first-order chi connectivity index (χ1) is 11.8. The van der Waals surface area contributed by atoms with Gasteiger partial charge in [-0.1, -0.05) is 24.3 Å². The van der Waals surface area contributed by atoms with Gasteiger partial charge in [0, 0.05) is 13.0 Å². The molecule has 0 unspecified atom stereocenters. The molecular weight excluding hydrogens is 302 g/mol. The quantitative estimate of drug-likeness (QED) is 0.592. The molecule has 2 aromatic carbocycles. The zero-order valence-electron chi connectivity index (χ0n) is 13.1. The highest BCUT2D eigenvalue weighted by Crippen LogP contribution is 2.12. The van der Waals surface area contributed by atoms with Gasteiger partial charge in [-0.25, -0.2) is 9.97 Å². The van der Waals surface area contributed by atoms with Crippen LogP contribution in [0.15, 0.2) is 54.9 Å².